The fourth-order valence-corrected chi connectivity index (χ4v) is 5.06. The van der Waals surface area contributed by atoms with Gasteiger partial charge in [0.05, 0.1) is 36.9 Å². The van der Waals surface area contributed by atoms with E-state index in [1.807, 2.05) is 17.0 Å². The lowest BCUT2D eigenvalue weighted by Crippen LogP contribution is -2.39. The zero-order valence-corrected chi connectivity index (χ0v) is 18.5. The van der Waals surface area contributed by atoms with E-state index in [9.17, 15) is 9.59 Å². The van der Waals surface area contributed by atoms with Gasteiger partial charge in [0.25, 0.3) is 5.56 Å². The number of rotatable bonds is 5. The molecule has 8 heteroatoms. The van der Waals surface area contributed by atoms with Crippen molar-refractivity contribution in [1.29, 1.82) is 0 Å². The molecule has 1 N–H and O–H groups in total. The number of nitrogens with one attached hydrogen (secondary N) is 1. The standard InChI is InChI=1S/C24H30N4O4/c1-31-18-6-4-16(5-7-18)13-27-11-8-20-19(14-27)23(29)26-22(25-20)21-3-2-10-28(21)24(30)17-9-12-32-15-17/h4-7,17,21H,2-3,8-15H2,1H3,(H,25,26,29). The van der Waals surface area contributed by atoms with Crippen LogP contribution in [0.2, 0.25) is 0 Å². The molecule has 2 saturated heterocycles. The van der Waals surface area contributed by atoms with Gasteiger partial charge in [-0.1, -0.05) is 12.1 Å². The number of carbonyl (C=O) groups excluding carboxylic acids is 1. The molecule has 0 spiro atoms. The highest BCUT2D eigenvalue weighted by molar-refractivity contribution is 5.80. The van der Waals surface area contributed by atoms with Gasteiger partial charge >= 0.3 is 0 Å². The van der Waals surface area contributed by atoms with Crippen molar-refractivity contribution < 1.29 is 14.3 Å². The van der Waals surface area contributed by atoms with Crippen molar-refractivity contribution in [3.8, 4) is 5.75 Å². The van der Waals surface area contributed by atoms with Gasteiger partial charge in [-0.25, -0.2) is 4.98 Å². The predicted octanol–water partition coefficient (Wildman–Crippen LogP) is 2.04. The van der Waals surface area contributed by atoms with E-state index >= 15 is 0 Å². The number of hydrogen-bond acceptors (Lipinski definition) is 6. The molecule has 170 valence electrons. The Morgan fingerprint density at radius 3 is 2.84 bits per heavy atom. The van der Waals surface area contributed by atoms with Crippen LogP contribution in [0.3, 0.4) is 0 Å². The van der Waals surface area contributed by atoms with Crippen LogP contribution in [0.25, 0.3) is 0 Å². The average Bonchev–Trinajstić information content (AvgIpc) is 3.52. The van der Waals surface area contributed by atoms with Gasteiger partial charge in [0.2, 0.25) is 5.91 Å². The third kappa shape index (κ3) is 4.17. The number of hydrogen-bond donors (Lipinski definition) is 1. The molecule has 2 unspecified atom stereocenters. The Balaban J connectivity index is 1.31. The summed E-state index contributed by atoms with van der Waals surface area (Å²) >= 11 is 0. The Labute approximate surface area is 187 Å². The second-order valence-electron chi connectivity index (χ2n) is 8.94. The van der Waals surface area contributed by atoms with Crippen molar-refractivity contribution in [2.45, 2.75) is 44.8 Å². The van der Waals surface area contributed by atoms with Crippen LogP contribution < -0.4 is 10.3 Å². The van der Waals surface area contributed by atoms with Crippen molar-refractivity contribution >= 4 is 5.91 Å². The number of carbonyl (C=O) groups is 1. The highest BCUT2D eigenvalue weighted by atomic mass is 16.5. The van der Waals surface area contributed by atoms with Crippen LogP contribution in [0.1, 0.15) is 47.9 Å². The third-order valence-electron chi connectivity index (χ3n) is 6.86. The van der Waals surface area contributed by atoms with Crippen LogP contribution in [0, 0.1) is 5.92 Å². The predicted molar refractivity (Wildman–Crippen MR) is 118 cm³/mol. The van der Waals surface area contributed by atoms with E-state index in [4.69, 9.17) is 14.5 Å². The van der Waals surface area contributed by atoms with Crippen molar-refractivity contribution in [2.75, 3.05) is 33.4 Å². The number of aromatic nitrogens is 2. The number of likely N-dealkylation sites (tertiary alicyclic amines) is 1. The summed E-state index contributed by atoms with van der Waals surface area (Å²) in [6, 6.07) is 7.89. The topological polar surface area (TPSA) is 87.8 Å². The first-order chi connectivity index (χ1) is 15.6. The summed E-state index contributed by atoms with van der Waals surface area (Å²) in [5.41, 5.74) is 2.73. The summed E-state index contributed by atoms with van der Waals surface area (Å²) in [6.45, 7) is 4.07. The Morgan fingerprint density at radius 1 is 1.25 bits per heavy atom. The van der Waals surface area contributed by atoms with Crippen molar-refractivity contribution in [1.82, 2.24) is 19.8 Å². The number of H-pyrrole nitrogens is 1. The second kappa shape index (κ2) is 9.03. The number of amides is 1. The van der Waals surface area contributed by atoms with Crippen LogP contribution in [0.4, 0.5) is 0 Å². The molecule has 3 aliphatic heterocycles. The van der Waals surface area contributed by atoms with Gasteiger partial charge in [-0.15, -0.1) is 0 Å². The summed E-state index contributed by atoms with van der Waals surface area (Å²) < 4.78 is 10.6. The minimum Gasteiger partial charge on any atom is -0.497 e. The first-order valence-electron chi connectivity index (χ1n) is 11.5. The molecule has 2 fully saturated rings. The van der Waals surface area contributed by atoms with E-state index in [2.05, 4.69) is 22.0 Å². The van der Waals surface area contributed by atoms with Crippen LogP contribution in [-0.4, -0.2) is 59.1 Å². The molecule has 0 radical (unpaired) electrons. The SMILES string of the molecule is COc1ccc(CN2CCc3nc(C4CCCN4C(=O)C4CCOC4)[nH]c(=O)c3C2)cc1. The molecule has 0 aliphatic carbocycles. The quantitative estimate of drug-likeness (QED) is 0.769. The molecule has 2 atom stereocenters. The van der Waals surface area contributed by atoms with Crippen molar-refractivity contribution in [2.24, 2.45) is 5.92 Å². The van der Waals surface area contributed by atoms with Gasteiger partial charge < -0.3 is 19.4 Å². The molecule has 8 nitrogen and oxygen atoms in total. The molecule has 3 aliphatic rings. The van der Waals surface area contributed by atoms with E-state index in [-0.39, 0.29) is 23.4 Å². The smallest absolute Gasteiger partial charge is 0.255 e. The molecule has 4 heterocycles. The van der Waals surface area contributed by atoms with Gasteiger partial charge in [-0.2, -0.15) is 0 Å². The van der Waals surface area contributed by atoms with Crippen molar-refractivity contribution in [3.63, 3.8) is 0 Å². The van der Waals surface area contributed by atoms with E-state index in [0.717, 1.165) is 62.3 Å². The lowest BCUT2D eigenvalue weighted by molar-refractivity contribution is -0.136. The Hall–Kier alpha value is -2.71. The first kappa shape index (κ1) is 21.2. The van der Waals surface area contributed by atoms with Gasteiger partial charge in [0.1, 0.15) is 11.6 Å². The highest BCUT2D eigenvalue weighted by Gasteiger charge is 2.37. The molecule has 1 amide bonds. The Bertz CT molecular complexity index is 1030. The minimum atomic E-state index is -0.140. The fraction of sp³-hybridized carbons (Fsp3) is 0.542. The zero-order valence-electron chi connectivity index (χ0n) is 18.5. The van der Waals surface area contributed by atoms with E-state index in [1.54, 1.807) is 7.11 Å². The minimum absolute atomic E-state index is 0.0635. The molecule has 0 saturated carbocycles. The summed E-state index contributed by atoms with van der Waals surface area (Å²) in [4.78, 5) is 38.0. The maximum atomic E-state index is 13.0. The van der Waals surface area contributed by atoms with E-state index in [1.165, 1.54) is 5.56 Å². The van der Waals surface area contributed by atoms with Crippen LogP contribution in [0.5, 0.6) is 5.75 Å². The van der Waals surface area contributed by atoms with E-state index in [0.29, 0.717) is 25.6 Å². The van der Waals surface area contributed by atoms with Gasteiger partial charge in [0.15, 0.2) is 0 Å². The lowest BCUT2D eigenvalue weighted by atomic mass is 10.0. The fourth-order valence-electron chi connectivity index (χ4n) is 5.06. The summed E-state index contributed by atoms with van der Waals surface area (Å²) in [6.07, 6.45) is 3.28. The highest BCUT2D eigenvalue weighted by Crippen LogP contribution is 2.33. The third-order valence-corrected chi connectivity index (χ3v) is 6.86. The number of methoxy groups -OCH3 is 1. The monoisotopic (exact) mass is 438 g/mol. The molecular weight excluding hydrogens is 408 g/mol. The molecule has 32 heavy (non-hydrogen) atoms. The number of benzene rings is 1. The number of nitrogens with zero attached hydrogens (tertiary/aromatic N) is 3. The summed E-state index contributed by atoms with van der Waals surface area (Å²) in [5, 5.41) is 0. The molecule has 0 bridgehead atoms. The van der Waals surface area contributed by atoms with Crippen LogP contribution >= 0.6 is 0 Å². The normalized spacial score (nSPS) is 23.3. The molecule has 1 aromatic heterocycles. The van der Waals surface area contributed by atoms with Crippen LogP contribution in [0.15, 0.2) is 29.1 Å². The molecule has 1 aromatic carbocycles. The van der Waals surface area contributed by atoms with Gasteiger partial charge in [0, 0.05) is 39.2 Å². The van der Waals surface area contributed by atoms with Gasteiger partial charge in [-0.05, 0) is 37.0 Å². The first-order valence-corrected chi connectivity index (χ1v) is 11.5. The van der Waals surface area contributed by atoms with Gasteiger partial charge in [-0.3, -0.25) is 14.5 Å². The molecular formula is C24H30N4O4. The maximum absolute atomic E-state index is 13.0. The number of fused-ring (bicyclic) bond motifs is 1. The lowest BCUT2D eigenvalue weighted by Gasteiger charge is -2.30. The maximum Gasteiger partial charge on any atom is 0.255 e. The average molecular weight is 439 g/mol. The Kier molecular flexibility index (Phi) is 5.97. The molecule has 2 aromatic rings. The second-order valence-corrected chi connectivity index (χ2v) is 8.94. The largest absolute Gasteiger partial charge is 0.497 e. The summed E-state index contributed by atoms with van der Waals surface area (Å²) in [7, 11) is 1.66. The molecule has 5 rings (SSSR count). The number of aromatic amines is 1. The zero-order chi connectivity index (χ0) is 22.1. The summed E-state index contributed by atoms with van der Waals surface area (Å²) in [5.74, 6) is 1.55. The van der Waals surface area contributed by atoms with Crippen LogP contribution in [-0.2, 0) is 29.0 Å². The van der Waals surface area contributed by atoms with E-state index < -0.39 is 0 Å². The number of ether oxygens (including phenoxy) is 2. The Morgan fingerprint density at radius 2 is 2.09 bits per heavy atom. The van der Waals surface area contributed by atoms with Crippen molar-refractivity contribution in [3.05, 3.63) is 57.3 Å².